The molecule has 3 aromatic rings. The summed E-state index contributed by atoms with van der Waals surface area (Å²) in [6.45, 7) is 0. The van der Waals surface area contributed by atoms with Crippen LogP contribution in [0.3, 0.4) is 0 Å². The van der Waals surface area contributed by atoms with Gasteiger partial charge in [0, 0.05) is 6.07 Å². The number of nitro benzene ring substituents is 1. The number of carbonyl (C=O) groups is 1. The van der Waals surface area contributed by atoms with Crippen molar-refractivity contribution in [1.29, 1.82) is 0 Å². The van der Waals surface area contributed by atoms with Crippen LogP contribution in [-0.2, 0) is 0 Å². The fraction of sp³-hybridized carbons (Fsp3) is 0.222. The molecule has 0 aliphatic heterocycles. The fourth-order valence-electron chi connectivity index (χ4n) is 4.15. The zero-order valence-electron chi connectivity index (χ0n) is 18.4. The molecule has 3 aromatic carbocycles. The maximum Gasteiger partial charge on any atom is 0.336 e. The van der Waals surface area contributed by atoms with Gasteiger partial charge < -0.3 is 9.84 Å². The molecular weight excluding hydrogens is 437 g/mol. The van der Waals surface area contributed by atoms with Crippen molar-refractivity contribution in [1.82, 2.24) is 0 Å². The molecule has 0 radical (unpaired) electrons. The lowest BCUT2D eigenvalue weighted by Crippen LogP contribution is -2.20. The van der Waals surface area contributed by atoms with Crippen molar-refractivity contribution in [2.24, 2.45) is 0 Å². The molecule has 1 aliphatic carbocycles. The van der Waals surface area contributed by atoms with E-state index in [1.54, 1.807) is 48.6 Å². The van der Waals surface area contributed by atoms with E-state index in [1.165, 1.54) is 24.3 Å². The first-order valence-electron chi connectivity index (χ1n) is 11.2. The molecule has 0 spiro atoms. The summed E-state index contributed by atoms with van der Waals surface area (Å²) in [6.07, 6.45) is 8.28. The van der Waals surface area contributed by atoms with Crippen LogP contribution in [0.4, 0.5) is 10.1 Å². The average Bonchev–Trinajstić information content (AvgIpc) is 2.84. The summed E-state index contributed by atoms with van der Waals surface area (Å²) in [6, 6.07) is 15.5. The van der Waals surface area contributed by atoms with Gasteiger partial charge in [0.1, 0.15) is 5.82 Å². The van der Waals surface area contributed by atoms with E-state index in [9.17, 15) is 24.4 Å². The third kappa shape index (κ3) is 5.49. The highest BCUT2D eigenvalue weighted by atomic mass is 19.1. The minimum atomic E-state index is -1.09. The van der Waals surface area contributed by atoms with Crippen LogP contribution in [0.2, 0.25) is 0 Å². The Labute approximate surface area is 196 Å². The van der Waals surface area contributed by atoms with Gasteiger partial charge in [0.05, 0.1) is 16.6 Å². The number of nitro groups is 1. The van der Waals surface area contributed by atoms with Gasteiger partial charge in [0.25, 0.3) is 0 Å². The molecule has 1 fully saturated rings. The number of aromatic carboxylic acids is 1. The second-order valence-electron chi connectivity index (χ2n) is 8.31. The van der Waals surface area contributed by atoms with Gasteiger partial charge in [-0.3, -0.25) is 10.1 Å². The minimum absolute atomic E-state index is 0.0128. The van der Waals surface area contributed by atoms with Gasteiger partial charge in [-0.15, -0.1) is 0 Å². The lowest BCUT2D eigenvalue weighted by molar-refractivity contribution is -0.386. The lowest BCUT2D eigenvalue weighted by Gasteiger charge is -2.22. The van der Waals surface area contributed by atoms with Gasteiger partial charge in [0.2, 0.25) is 0 Å². The van der Waals surface area contributed by atoms with E-state index in [4.69, 9.17) is 4.74 Å². The van der Waals surface area contributed by atoms with Crippen LogP contribution < -0.4 is 4.74 Å². The van der Waals surface area contributed by atoms with Crippen molar-refractivity contribution in [2.75, 3.05) is 0 Å². The Hall–Kier alpha value is -4.00. The molecule has 6 nitrogen and oxygen atoms in total. The molecule has 0 unspecified atom stereocenters. The summed E-state index contributed by atoms with van der Waals surface area (Å²) in [7, 11) is 0. The number of hydrogen-bond donors (Lipinski definition) is 1. The average molecular weight is 461 g/mol. The Bertz CT molecular complexity index is 1230. The highest BCUT2D eigenvalue weighted by Crippen LogP contribution is 2.32. The molecule has 0 amide bonds. The Kier molecular flexibility index (Phi) is 7.01. The van der Waals surface area contributed by atoms with E-state index >= 15 is 0 Å². The molecule has 174 valence electrons. The van der Waals surface area contributed by atoms with Gasteiger partial charge in [-0.05, 0) is 78.3 Å². The number of halogens is 1. The number of carboxylic acid groups (broad SMARTS) is 1. The largest absolute Gasteiger partial charge is 0.484 e. The topological polar surface area (TPSA) is 89.7 Å². The Morgan fingerprint density at radius 1 is 0.971 bits per heavy atom. The van der Waals surface area contributed by atoms with Gasteiger partial charge in [-0.25, -0.2) is 9.18 Å². The first kappa shape index (κ1) is 23.2. The van der Waals surface area contributed by atoms with Crippen molar-refractivity contribution in [2.45, 2.75) is 38.2 Å². The normalized spacial score (nSPS) is 14.3. The summed E-state index contributed by atoms with van der Waals surface area (Å²) in [5, 5.41) is 21.2. The molecular formula is C27H24FNO5. The zero-order chi connectivity index (χ0) is 24.1. The number of carboxylic acids is 1. The van der Waals surface area contributed by atoms with Crippen molar-refractivity contribution in [3.05, 3.63) is 93.3 Å². The number of rotatable bonds is 7. The SMILES string of the molecule is O=C(O)c1ccc(-c2ccc(F)cc2)cc1C=Cc1ccc(OC2CCCCC2)c([N+](=O)[O-])c1. The number of hydrogen-bond acceptors (Lipinski definition) is 4. The van der Waals surface area contributed by atoms with Gasteiger partial charge in [0.15, 0.2) is 5.75 Å². The van der Waals surface area contributed by atoms with Crippen LogP contribution >= 0.6 is 0 Å². The first-order valence-corrected chi connectivity index (χ1v) is 11.2. The molecule has 1 saturated carbocycles. The third-order valence-corrected chi connectivity index (χ3v) is 5.94. The van der Waals surface area contributed by atoms with E-state index in [2.05, 4.69) is 0 Å². The standard InChI is InChI=1S/C27H24FNO5/c28-22-12-9-19(10-13-22)20-11-14-24(27(30)31)21(17-20)8-6-18-7-15-26(25(16-18)29(32)33)34-23-4-2-1-3-5-23/h6-17,23H,1-5H2,(H,30,31). The number of ether oxygens (including phenoxy) is 1. The highest BCUT2D eigenvalue weighted by Gasteiger charge is 2.21. The minimum Gasteiger partial charge on any atom is -0.484 e. The maximum atomic E-state index is 13.3. The summed E-state index contributed by atoms with van der Waals surface area (Å²) in [5.74, 6) is -1.20. The number of benzene rings is 3. The van der Waals surface area contributed by atoms with Crippen LogP contribution in [0, 0.1) is 15.9 Å². The molecule has 7 heteroatoms. The Morgan fingerprint density at radius 2 is 1.68 bits per heavy atom. The maximum absolute atomic E-state index is 13.3. The molecule has 0 aromatic heterocycles. The number of nitrogens with zero attached hydrogens (tertiary/aromatic N) is 1. The van der Waals surface area contributed by atoms with Crippen molar-refractivity contribution < 1.29 is 24.0 Å². The fourth-order valence-corrected chi connectivity index (χ4v) is 4.15. The molecule has 0 heterocycles. The zero-order valence-corrected chi connectivity index (χ0v) is 18.4. The van der Waals surface area contributed by atoms with E-state index in [-0.39, 0.29) is 28.9 Å². The molecule has 0 bridgehead atoms. The predicted molar refractivity (Wildman–Crippen MR) is 128 cm³/mol. The van der Waals surface area contributed by atoms with E-state index in [0.29, 0.717) is 11.1 Å². The van der Waals surface area contributed by atoms with Crippen molar-refractivity contribution in [3.8, 4) is 16.9 Å². The van der Waals surface area contributed by atoms with Crippen LogP contribution in [0.15, 0.2) is 60.7 Å². The van der Waals surface area contributed by atoms with E-state index < -0.39 is 10.9 Å². The lowest BCUT2D eigenvalue weighted by atomic mass is 9.97. The van der Waals surface area contributed by atoms with Crippen LogP contribution in [0.5, 0.6) is 5.75 Å². The summed E-state index contributed by atoms with van der Waals surface area (Å²) < 4.78 is 19.2. The van der Waals surface area contributed by atoms with Gasteiger partial charge in [-0.2, -0.15) is 0 Å². The van der Waals surface area contributed by atoms with Gasteiger partial charge >= 0.3 is 11.7 Å². The molecule has 4 rings (SSSR count). The second-order valence-corrected chi connectivity index (χ2v) is 8.31. The van der Waals surface area contributed by atoms with Crippen molar-refractivity contribution in [3.63, 3.8) is 0 Å². The van der Waals surface area contributed by atoms with Gasteiger partial charge in [-0.1, -0.05) is 42.8 Å². The van der Waals surface area contributed by atoms with Crippen molar-refractivity contribution >= 4 is 23.8 Å². The predicted octanol–water partition coefficient (Wildman–Crippen LogP) is 6.98. The summed E-state index contributed by atoms with van der Waals surface area (Å²) in [5.41, 5.74) is 2.42. The Balaban J connectivity index is 1.63. The molecule has 0 atom stereocenters. The highest BCUT2D eigenvalue weighted by molar-refractivity contribution is 5.94. The Morgan fingerprint density at radius 3 is 2.35 bits per heavy atom. The smallest absolute Gasteiger partial charge is 0.336 e. The monoisotopic (exact) mass is 461 g/mol. The van der Waals surface area contributed by atoms with Crippen LogP contribution in [0.1, 0.15) is 53.6 Å². The van der Waals surface area contributed by atoms with Crippen LogP contribution in [-0.4, -0.2) is 22.1 Å². The molecule has 1 aliphatic rings. The van der Waals surface area contributed by atoms with E-state index in [0.717, 1.165) is 43.2 Å². The summed E-state index contributed by atoms with van der Waals surface area (Å²) >= 11 is 0. The quantitative estimate of drug-likeness (QED) is 0.233. The van der Waals surface area contributed by atoms with E-state index in [1.807, 2.05) is 0 Å². The third-order valence-electron chi connectivity index (χ3n) is 5.94. The summed E-state index contributed by atoms with van der Waals surface area (Å²) in [4.78, 5) is 22.9. The molecule has 0 saturated heterocycles. The first-order chi connectivity index (χ1) is 16.4. The second kappa shape index (κ2) is 10.3. The van der Waals surface area contributed by atoms with Crippen LogP contribution in [0.25, 0.3) is 23.3 Å². The molecule has 1 N–H and O–H groups in total. The molecule has 34 heavy (non-hydrogen) atoms.